The van der Waals surface area contributed by atoms with Crippen molar-refractivity contribution in [3.63, 3.8) is 0 Å². The van der Waals surface area contributed by atoms with Crippen LogP contribution in [0.3, 0.4) is 0 Å². The second kappa shape index (κ2) is 9.02. The molecule has 0 unspecified atom stereocenters. The molecule has 3 aromatic carbocycles. The Kier molecular flexibility index (Phi) is 6.00. The first-order valence-corrected chi connectivity index (χ1v) is 9.93. The number of halogens is 2. The number of ether oxygens (including phenoxy) is 1. The molecule has 0 spiro atoms. The first-order chi connectivity index (χ1) is 15.0. The minimum absolute atomic E-state index is 0.00454. The number of rotatable bonds is 6. The van der Waals surface area contributed by atoms with Crippen molar-refractivity contribution < 1.29 is 13.9 Å². The van der Waals surface area contributed by atoms with Crippen LogP contribution in [0.5, 0.6) is 5.75 Å². The van der Waals surface area contributed by atoms with Gasteiger partial charge in [0.15, 0.2) is 0 Å². The molecule has 0 atom stereocenters. The van der Waals surface area contributed by atoms with E-state index in [0.29, 0.717) is 34.1 Å². The monoisotopic (exact) mass is 435 g/mol. The molecule has 1 amide bonds. The number of carbonyl (C=O) groups excluding carboxylic acids is 1. The highest BCUT2D eigenvalue weighted by Gasteiger charge is 2.20. The number of carbonyl (C=O) groups is 1. The molecule has 0 saturated carbocycles. The van der Waals surface area contributed by atoms with E-state index < -0.39 is 11.7 Å². The van der Waals surface area contributed by atoms with E-state index in [1.54, 1.807) is 24.1 Å². The van der Waals surface area contributed by atoms with Crippen molar-refractivity contribution in [1.82, 2.24) is 9.78 Å². The van der Waals surface area contributed by atoms with Crippen molar-refractivity contribution in [1.29, 1.82) is 0 Å². The molecular weight excluding hydrogens is 417 g/mol. The maximum absolute atomic E-state index is 14.1. The van der Waals surface area contributed by atoms with Crippen LogP contribution >= 0.6 is 11.6 Å². The Balaban J connectivity index is 1.73. The van der Waals surface area contributed by atoms with E-state index in [-0.39, 0.29) is 5.69 Å². The zero-order chi connectivity index (χ0) is 21.8. The van der Waals surface area contributed by atoms with E-state index in [2.05, 4.69) is 10.4 Å². The highest BCUT2D eigenvalue weighted by atomic mass is 35.5. The highest BCUT2D eigenvalue weighted by molar-refractivity contribution is 6.31. The molecule has 1 N–H and O–H groups in total. The summed E-state index contributed by atoms with van der Waals surface area (Å²) in [6, 6.07) is 21.1. The van der Waals surface area contributed by atoms with Crippen molar-refractivity contribution in [3.05, 3.63) is 101 Å². The van der Waals surface area contributed by atoms with Gasteiger partial charge in [0.1, 0.15) is 17.3 Å². The molecule has 31 heavy (non-hydrogen) atoms. The van der Waals surface area contributed by atoms with Crippen LogP contribution < -0.4 is 10.1 Å². The lowest BCUT2D eigenvalue weighted by molar-refractivity contribution is 0.102. The fourth-order valence-electron chi connectivity index (χ4n) is 3.21. The Hall–Kier alpha value is -3.64. The predicted octanol–water partition coefficient (Wildman–Crippen LogP) is 5.65. The summed E-state index contributed by atoms with van der Waals surface area (Å²) in [4.78, 5) is 13.1. The van der Waals surface area contributed by atoms with Gasteiger partial charge in [-0.3, -0.25) is 9.48 Å². The Morgan fingerprint density at radius 3 is 2.68 bits per heavy atom. The van der Waals surface area contributed by atoms with Gasteiger partial charge in [-0.1, -0.05) is 54.1 Å². The lowest BCUT2D eigenvalue weighted by Gasteiger charge is -2.08. The Morgan fingerprint density at radius 2 is 1.90 bits per heavy atom. The molecule has 0 fully saturated rings. The average molecular weight is 436 g/mol. The summed E-state index contributed by atoms with van der Waals surface area (Å²) in [5.41, 5.74) is 2.53. The van der Waals surface area contributed by atoms with Crippen LogP contribution in [0, 0.1) is 5.82 Å². The van der Waals surface area contributed by atoms with Crippen molar-refractivity contribution >= 4 is 23.2 Å². The van der Waals surface area contributed by atoms with Gasteiger partial charge in [0.2, 0.25) is 0 Å². The van der Waals surface area contributed by atoms with E-state index in [9.17, 15) is 9.18 Å². The largest absolute Gasteiger partial charge is 0.497 e. The number of amides is 1. The third kappa shape index (κ3) is 4.75. The normalized spacial score (nSPS) is 10.7. The first kappa shape index (κ1) is 20.6. The SMILES string of the molecule is COc1cccc(-c2nn(Cc3ccccc3)cc2C(=O)Nc2cc(Cl)ccc2F)c1. The Bertz CT molecular complexity index is 1220. The lowest BCUT2D eigenvalue weighted by Crippen LogP contribution is -2.13. The Labute approximate surface area is 184 Å². The molecule has 0 aliphatic rings. The molecule has 4 aromatic rings. The molecule has 1 aromatic heterocycles. The van der Waals surface area contributed by atoms with Gasteiger partial charge in [0.05, 0.1) is 24.9 Å². The van der Waals surface area contributed by atoms with Gasteiger partial charge in [-0.15, -0.1) is 0 Å². The number of anilines is 1. The third-order valence-corrected chi connectivity index (χ3v) is 4.95. The van der Waals surface area contributed by atoms with E-state index >= 15 is 0 Å². The van der Waals surface area contributed by atoms with Crippen LogP contribution in [-0.2, 0) is 6.54 Å². The quantitative estimate of drug-likeness (QED) is 0.425. The zero-order valence-corrected chi connectivity index (χ0v) is 17.4. The van der Waals surface area contributed by atoms with Crippen molar-refractivity contribution in [2.45, 2.75) is 6.54 Å². The summed E-state index contributed by atoms with van der Waals surface area (Å²) in [6.07, 6.45) is 1.65. The second-order valence-corrected chi connectivity index (χ2v) is 7.32. The minimum Gasteiger partial charge on any atom is -0.497 e. The Morgan fingerprint density at radius 1 is 1.10 bits per heavy atom. The summed E-state index contributed by atoms with van der Waals surface area (Å²) in [5.74, 6) is -0.419. The molecule has 0 aliphatic heterocycles. The molecule has 156 valence electrons. The van der Waals surface area contributed by atoms with Gasteiger partial charge in [-0.25, -0.2) is 4.39 Å². The van der Waals surface area contributed by atoms with Gasteiger partial charge >= 0.3 is 0 Å². The number of nitrogens with zero attached hydrogens (tertiary/aromatic N) is 2. The van der Waals surface area contributed by atoms with Gasteiger partial charge in [0, 0.05) is 16.8 Å². The molecule has 5 nitrogen and oxygen atoms in total. The van der Waals surface area contributed by atoms with Gasteiger partial charge < -0.3 is 10.1 Å². The average Bonchev–Trinajstić information content (AvgIpc) is 3.21. The summed E-state index contributed by atoms with van der Waals surface area (Å²) >= 11 is 5.95. The molecule has 0 radical (unpaired) electrons. The van der Waals surface area contributed by atoms with Gasteiger partial charge in [-0.05, 0) is 35.9 Å². The summed E-state index contributed by atoms with van der Waals surface area (Å²) < 4.78 is 21.1. The third-order valence-electron chi connectivity index (χ3n) is 4.71. The fourth-order valence-corrected chi connectivity index (χ4v) is 3.38. The summed E-state index contributed by atoms with van der Waals surface area (Å²) in [7, 11) is 1.57. The molecule has 1 heterocycles. The van der Waals surface area contributed by atoms with Crippen LogP contribution in [-0.4, -0.2) is 22.8 Å². The predicted molar refractivity (Wildman–Crippen MR) is 119 cm³/mol. The van der Waals surface area contributed by atoms with E-state index in [1.807, 2.05) is 48.5 Å². The minimum atomic E-state index is -0.572. The van der Waals surface area contributed by atoms with Gasteiger partial charge in [-0.2, -0.15) is 5.10 Å². The molecule has 0 saturated heterocycles. The molecular formula is C24H19ClFN3O2. The van der Waals surface area contributed by atoms with E-state index in [1.165, 1.54) is 18.2 Å². The van der Waals surface area contributed by atoms with Gasteiger partial charge in [0.25, 0.3) is 5.91 Å². The standard InChI is InChI=1S/C24H19ClFN3O2/c1-31-19-9-5-8-17(12-19)23-20(15-29(28-23)14-16-6-3-2-4-7-16)24(30)27-22-13-18(25)10-11-21(22)26/h2-13,15H,14H2,1H3,(H,27,30). The lowest BCUT2D eigenvalue weighted by atomic mass is 10.1. The molecule has 7 heteroatoms. The molecule has 0 aliphatic carbocycles. The maximum atomic E-state index is 14.1. The highest BCUT2D eigenvalue weighted by Crippen LogP contribution is 2.28. The summed E-state index contributed by atoms with van der Waals surface area (Å²) in [5, 5.41) is 7.56. The zero-order valence-electron chi connectivity index (χ0n) is 16.7. The van der Waals surface area contributed by atoms with Crippen molar-refractivity contribution in [2.75, 3.05) is 12.4 Å². The van der Waals surface area contributed by atoms with E-state index in [0.717, 1.165) is 5.56 Å². The molecule has 0 bridgehead atoms. The summed E-state index contributed by atoms with van der Waals surface area (Å²) in [6.45, 7) is 0.483. The molecule has 4 rings (SSSR count). The van der Waals surface area contributed by atoms with Crippen LogP contribution in [0.15, 0.2) is 79.0 Å². The van der Waals surface area contributed by atoms with E-state index in [4.69, 9.17) is 16.3 Å². The van der Waals surface area contributed by atoms with Crippen LogP contribution in [0.1, 0.15) is 15.9 Å². The maximum Gasteiger partial charge on any atom is 0.259 e. The number of benzene rings is 3. The number of nitrogens with one attached hydrogen (secondary N) is 1. The topological polar surface area (TPSA) is 56.2 Å². The van der Waals surface area contributed by atoms with Crippen LogP contribution in [0.4, 0.5) is 10.1 Å². The van der Waals surface area contributed by atoms with Crippen LogP contribution in [0.25, 0.3) is 11.3 Å². The number of hydrogen-bond acceptors (Lipinski definition) is 3. The van der Waals surface area contributed by atoms with Crippen molar-refractivity contribution in [3.8, 4) is 17.0 Å². The second-order valence-electron chi connectivity index (χ2n) is 6.88. The van der Waals surface area contributed by atoms with Crippen LogP contribution in [0.2, 0.25) is 5.02 Å². The van der Waals surface area contributed by atoms with Crippen molar-refractivity contribution in [2.24, 2.45) is 0 Å². The number of methoxy groups -OCH3 is 1. The smallest absolute Gasteiger partial charge is 0.259 e. The number of hydrogen-bond donors (Lipinski definition) is 1. The first-order valence-electron chi connectivity index (χ1n) is 9.55. The number of aromatic nitrogens is 2. The fraction of sp³-hybridized carbons (Fsp3) is 0.0833.